The van der Waals surface area contributed by atoms with Gasteiger partial charge in [0, 0.05) is 42.4 Å². The number of amides is 1. The van der Waals surface area contributed by atoms with Crippen molar-refractivity contribution in [1.82, 2.24) is 19.9 Å². The van der Waals surface area contributed by atoms with E-state index in [0.29, 0.717) is 28.5 Å². The molecule has 0 saturated carbocycles. The van der Waals surface area contributed by atoms with E-state index in [-0.39, 0.29) is 5.69 Å². The van der Waals surface area contributed by atoms with Crippen molar-refractivity contribution in [2.75, 3.05) is 22.5 Å². The van der Waals surface area contributed by atoms with Gasteiger partial charge in [0.2, 0.25) is 5.95 Å². The van der Waals surface area contributed by atoms with Crippen molar-refractivity contribution < 1.29 is 18.0 Å². The lowest BCUT2D eigenvalue weighted by Crippen LogP contribution is -2.29. The molecule has 8 nitrogen and oxygen atoms in total. The van der Waals surface area contributed by atoms with Gasteiger partial charge in [0.05, 0.1) is 10.8 Å². The number of hydrogen-bond donors (Lipinski definition) is 4. The second-order valence-electron chi connectivity index (χ2n) is 5.80. The Balaban J connectivity index is 1.60. The van der Waals surface area contributed by atoms with E-state index in [1.807, 2.05) is 0 Å². The molecule has 2 heterocycles. The lowest BCUT2D eigenvalue weighted by Gasteiger charge is -2.11. The van der Waals surface area contributed by atoms with E-state index in [9.17, 15) is 18.0 Å². The molecule has 0 aliphatic carbocycles. The first kappa shape index (κ1) is 20.6. The third kappa shape index (κ3) is 5.91. The minimum atomic E-state index is -4.94. The van der Waals surface area contributed by atoms with Gasteiger partial charge in [0.15, 0.2) is 0 Å². The van der Waals surface area contributed by atoms with Crippen molar-refractivity contribution in [3.63, 3.8) is 0 Å². The van der Waals surface area contributed by atoms with Crippen molar-refractivity contribution in [3.8, 4) is 0 Å². The van der Waals surface area contributed by atoms with E-state index in [1.165, 1.54) is 24.3 Å². The number of aromatic nitrogens is 4. The summed E-state index contributed by atoms with van der Waals surface area (Å²) in [5.74, 6) is -1.15. The van der Waals surface area contributed by atoms with E-state index in [2.05, 4.69) is 46.5 Å². The third-order valence-corrected chi connectivity index (χ3v) is 4.22. The summed E-state index contributed by atoms with van der Waals surface area (Å²) in [4.78, 5) is 26.4. The zero-order chi connectivity index (χ0) is 20.9. The minimum Gasteiger partial charge on any atom is -0.369 e. The molecule has 29 heavy (non-hydrogen) atoms. The molecule has 0 unspecified atom stereocenters. The highest BCUT2D eigenvalue weighted by molar-refractivity contribution is 9.10. The molecule has 0 fully saturated rings. The van der Waals surface area contributed by atoms with Crippen LogP contribution in [0.25, 0.3) is 0 Å². The maximum Gasteiger partial charge on any atom is 0.471 e. The number of rotatable bonds is 7. The number of aromatic amines is 1. The van der Waals surface area contributed by atoms with Crippen LogP contribution in [0.15, 0.2) is 47.5 Å². The summed E-state index contributed by atoms with van der Waals surface area (Å²) < 4.78 is 37.5. The quantitative estimate of drug-likeness (QED) is 0.418. The number of imidazole rings is 1. The molecule has 0 aliphatic heterocycles. The highest BCUT2D eigenvalue weighted by Crippen LogP contribution is 2.23. The molecule has 3 aromatic rings. The zero-order valence-electron chi connectivity index (χ0n) is 14.7. The van der Waals surface area contributed by atoms with Gasteiger partial charge in [-0.15, -0.1) is 0 Å². The molecule has 0 bridgehead atoms. The lowest BCUT2D eigenvalue weighted by molar-refractivity contribution is -0.167. The summed E-state index contributed by atoms with van der Waals surface area (Å²) >= 11 is 3.38. The molecule has 4 N–H and O–H groups in total. The summed E-state index contributed by atoms with van der Waals surface area (Å²) in [6.07, 6.45) is 0.710. The van der Waals surface area contributed by atoms with E-state index >= 15 is 0 Å². The largest absolute Gasteiger partial charge is 0.471 e. The normalized spacial score (nSPS) is 11.2. The number of nitrogens with zero attached hydrogens (tertiary/aromatic N) is 3. The fourth-order valence-electron chi connectivity index (χ4n) is 2.26. The molecule has 1 aromatic carbocycles. The van der Waals surface area contributed by atoms with Gasteiger partial charge in [-0.3, -0.25) is 4.79 Å². The maximum atomic E-state index is 12.3. The lowest BCUT2D eigenvalue weighted by atomic mass is 10.3. The van der Waals surface area contributed by atoms with Crippen molar-refractivity contribution in [1.29, 1.82) is 0 Å². The first-order chi connectivity index (χ1) is 13.8. The molecule has 0 saturated heterocycles. The number of hydrogen-bond acceptors (Lipinski definition) is 6. The Hall–Kier alpha value is -3.15. The zero-order valence-corrected chi connectivity index (χ0v) is 16.3. The molecule has 0 spiro atoms. The predicted molar refractivity (Wildman–Crippen MR) is 105 cm³/mol. The SMILES string of the molecule is O=C(Nc1ccc(Nc2ncc(Br)c(NCCc3cnc[nH]3)n2)cc1)C(F)(F)F. The fourth-order valence-corrected chi connectivity index (χ4v) is 2.59. The van der Waals surface area contributed by atoms with Crippen molar-refractivity contribution in [3.05, 3.63) is 53.2 Å². The molecule has 12 heteroatoms. The molecule has 152 valence electrons. The van der Waals surface area contributed by atoms with Crippen molar-refractivity contribution in [2.24, 2.45) is 0 Å². The molecular formula is C17H15BrF3N7O. The average molecular weight is 470 g/mol. The summed E-state index contributed by atoms with van der Waals surface area (Å²) in [5, 5.41) is 7.91. The van der Waals surface area contributed by atoms with Crippen LogP contribution in [-0.4, -0.2) is 38.6 Å². The Morgan fingerprint density at radius 3 is 2.52 bits per heavy atom. The molecule has 2 aromatic heterocycles. The monoisotopic (exact) mass is 469 g/mol. The Kier molecular flexibility index (Phi) is 6.32. The third-order valence-electron chi connectivity index (χ3n) is 3.64. The molecular weight excluding hydrogens is 455 g/mol. The summed E-state index contributed by atoms with van der Waals surface area (Å²) in [6, 6.07) is 5.69. The molecule has 0 radical (unpaired) electrons. The fraction of sp³-hybridized carbons (Fsp3) is 0.176. The van der Waals surface area contributed by atoms with Gasteiger partial charge in [0.25, 0.3) is 0 Å². The van der Waals surface area contributed by atoms with Gasteiger partial charge in [0.1, 0.15) is 5.82 Å². The van der Waals surface area contributed by atoms with E-state index in [0.717, 1.165) is 12.1 Å². The number of halogens is 4. The second-order valence-corrected chi connectivity index (χ2v) is 6.65. The van der Waals surface area contributed by atoms with E-state index in [4.69, 9.17) is 0 Å². The van der Waals surface area contributed by atoms with Crippen LogP contribution in [0.3, 0.4) is 0 Å². The summed E-state index contributed by atoms with van der Waals surface area (Å²) in [7, 11) is 0. The Labute approximate surface area is 171 Å². The van der Waals surface area contributed by atoms with Gasteiger partial charge in [-0.05, 0) is 40.2 Å². The first-order valence-corrected chi connectivity index (χ1v) is 9.09. The topological polar surface area (TPSA) is 108 Å². The van der Waals surface area contributed by atoms with Crippen LogP contribution in [0.5, 0.6) is 0 Å². The van der Waals surface area contributed by atoms with Gasteiger partial charge in [-0.1, -0.05) is 0 Å². The summed E-state index contributed by atoms with van der Waals surface area (Å²) in [5.41, 5.74) is 1.55. The second kappa shape index (κ2) is 8.90. The average Bonchev–Trinajstić information content (AvgIpc) is 3.18. The number of carbonyl (C=O) groups excluding carboxylic acids is 1. The molecule has 3 rings (SSSR count). The van der Waals surface area contributed by atoms with Crippen LogP contribution in [-0.2, 0) is 11.2 Å². The molecule has 0 atom stereocenters. The van der Waals surface area contributed by atoms with Gasteiger partial charge in [-0.2, -0.15) is 18.2 Å². The van der Waals surface area contributed by atoms with Gasteiger partial charge in [-0.25, -0.2) is 9.97 Å². The number of anilines is 4. The molecule has 0 aliphatic rings. The van der Waals surface area contributed by atoms with Gasteiger partial charge < -0.3 is 20.9 Å². The smallest absolute Gasteiger partial charge is 0.369 e. The van der Waals surface area contributed by atoms with E-state index < -0.39 is 12.1 Å². The number of carbonyl (C=O) groups is 1. The first-order valence-electron chi connectivity index (χ1n) is 8.30. The number of H-pyrrole nitrogens is 1. The van der Waals surface area contributed by atoms with Crippen LogP contribution in [0.1, 0.15) is 5.69 Å². The number of nitrogens with one attached hydrogen (secondary N) is 4. The summed E-state index contributed by atoms with van der Waals surface area (Å²) in [6.45, 7) is 0.616. The molecule has 1 amide bonds. The maximum absolute atomic E-state index is 12.3. The Morgan fingerprint density at radius 1 is 1.14 bits per heavy atom. The van der Waals surface area contributed by atoms with Gasteiger partial charge >= 0.3 is 12.1 Å². The van der Waals surface area contributed by atoms with Crippen LogP contribution in [0.4, 0.5) is 36.3 Å². The highest BCUT2D eigenvalue weighted by Gasteiger charge is 2.38. The number of alkyl halides is 3. The highest BCUT2D eigenvalue weighted by atomic mass is 79.9. The van der Waals surface area contributed by atoms with Crippen LogP contribution in [0, 0.1) is 0 Å². The standard InChI is InChI=1S/C17H15BrF3N7O/c18-13-8-24-16(28-14(13)23-6-5-12-7-22-9-25-12)27-11-3-1-10(2-4-11)26-15(29)17(19,20)21/h1-4,7-9H,5-6H2,(H,22,25)(H,26,29)(H2,23,24,27,28). The van der Waals surface area contributed by atoms with Crippen molar-refractivity contribution >= 4 is 45.0 Å². The number of benzene rings is 1. The van der Waals surface area contributed by atoms with E-state index in [1.54, 1.807) is 24.0 Å². The Bertz CT molecular complexity index is 962. The van der Waals surface area contributed by atoms with Crippen molar-refractivity contribution in [2.45, 2.75) is 12.6 Å². The van der Waals surface area contributed by atoms with Crippen LogP contribution >= 0.6 is 15.9 Å². The Morgan fingerprint density at radius 2 is 1.86 bits per heavy atom. The van der Waals surface area contributed by atoms with Crippen LogP contribution in [0.2, 0.25) is 0 Å². The van der Waals surface area contributed by atoms with Crippen LogP contribution < -0.4 is 16.0 Å². The predicted octanol–water partition coefficient (Wildman–Crippen LogP) is 3.86. The minimum absolute atomic E-state index is 0.0239.